The first kappa shape index (κ1) is 16.8. The third-order valence-electron chi connectivity index (χ3n) is 3.11. The highest BCUT2D eigenvalue weighted by Gasteiger charge is 2.14. The SMILES string of the molecule is CNC(=O)c1cccc(NC(C)C(=O)Nc2ccc(Cl)cn2)c1. The van der Waals surface area contributed by atoms with Crippen LogP contribution in [-0.4, -0.2) is 29.9 Å². The highest BCUT2D eigenvalue weighted by molar-refractivity contribution is 6.30. The van der Waals surface area contributed by atoms with E-state index in [9.17, 15) is 9.59 Å². The molecule has 0 bridgehead atoms. The number of carbonyl (C=O) groups excluding carboxylic acids is 2. The van der Waals surface area contributed by atoms with Gasteiger partial charge in [0.1, 0.15) is 11.9 Å². The Morgan fingerprint density at radius 3 is 2.65 bits per heavy atom. The minimum absolute atomic E-state index is 0.184. The van der Waals surface area contributed by atoms with Crippen molar-refractivity contribution in [1.82, 2.24) is 10.3 Å². The molecule has 0 saturated heterocycles. The Hall–Kier alpha value is -2.60. The number of anilines is 2. The van der Waals surface area contributed by atoms with Gasteiger partial charge in [0, 0.05) is 24.5 Å². The summed E-state index contributed by atoms with van der Waals surface area (Å²) in [5.74, 6) is -0.00607. The van der Waals surface area contributed by atoms with Crippen molar-refractivity contribution in [1.29, 1.82) is 0 Å². The van der Waals surface area contributed by atoms with E-state index in [1.54, 1.807) is 50.4 Å². The lowest BCUT2D eigenvalue weighted by atomic mass is 10.1. The molecule has 3 N–H and O–H groups in total. The summed E-state index contributed by atoms with van der Waals surface area (Å²) in [5.41, 5.74) is 1.20. The second kappa shape index (κ2) is 7.60. The van der Waals surface area contributed by atoms with Crippen molar-refractivity contribution in [3.63, 3.8) is 0 Å². The van der Waals surface area contributed by atoms with E-state index < -0.39 is 6.04 Å². The van der Waals surface area contributed by atoms with Gasteiger partial charge in [0.25, 0.3) is 5.91 Å². The lowest BCUT2D eigenvalue weighted by Gasteiger charge is -2.15. The maximum Gasteiger partial charge on any atom is 0.251 e. The van der Waals surface area contributed by atoms with E-state index in [1.807, 2.05) is 0 Å². The zero-order valence-electron chi connectivity index (χ0n) is 12.8. The van der Waals surface area contributed by atoms with Gasteiger partial charge in [-0.15, -0.1) is 0 Å². The van der Waals surface area contributed by atoms with Crippen LogP contribution in [0.4, 0.5) is 11.5 Å². The zero-order chi connectivity index (χ0) is 16.8. The molecule has 2 aromatic rings. The van der Waals surface area contributed by atoms with Crippen LogP contribution >= 0.6 is 11.6 Å². The first-order valence-corrected chi connectivity index (χ1v) is 7.38. The standard InChI is InChI=1S/C16H17ClN4O2/c1-10(15(22)21-14-7-6-12(17)9-19-14)20-13-5-3-4-11(8-13)16(23)18-2/h3-10,20H,1-2H3,(H,18,23)(H,19,21,22). The van der Waals surface area contributed by atoms with Crippen LogP contribution in [0.5, 0.6) is 0 Å². The lowest BCUT2D eigenvalue weighted by Crippen LogP contribution is -2.32. The maximum atomic E-state index is 12.2. The lowest BCUT2D eigenvalue weighted by molar-refractivity contribution is -0.116. The van der Waals surface area contributed by atoms with E-state index in [0.717, 1.165) is 0 Å². The number of amides is 2. The van der Waals surface area contributed by atoms with E-state index >= 15 is 0 Å². The smallest absolute Gasteiger partial charge is 0.251 e. The number of carbonyl (C=O) groups is 2. The third-order valence-corrected chi connectivity index (χ3v) is 3.33. The third kappa shape index (κ3) is 4.69. The maximum absolute atomic E-state index is 12.2. The van der Waals surface area contributed by atoms with Crippen LogP contribution in [0.25, 0.3) is 0 Å². The van der Waals surface area contributed by atoms with Crippen LogP contribution in [0, 0.1) is 0 Å². The van der Waals surface area contributed by atoms with Crippen molar-refractivity contribution >= 4 is 34.9 Å². The van der Waals surface area contributed by atoms with Crippen LogP contribution in [0.2, 0.25) is 5.02 Å². The molecule has 2 amide bonds. The molecule has 6 nitrogen and oxygen atoms in total. The van der Waals surface area contributed by atoms with Crippen molar-refractivity contribution in [2.75, 3.05) is 17.7 Å². The molecule has 0 saturated carbocycles. The molecule has 1 unspecified atom stereocenters. The molecule has 0 aliphatic heterocycles. The van der Waals surface area contributed by atoms with Crippen LogP contribution in [0.1, 0.15) is 17.3 Å². The minimum Gasteiger partial charge on any atom is -0.374 e. The molecule has 1 aromatic carbocycles. The highest BCUT2D eigenvalue weighted by Crippen LogP contribution is 2.13. The number of pyridine rings is 1. The molecule has 0 spiro atoms. The Labute approximate surface area is 139 Å². The molecule has 2 rings (SSSR count). The van der Waals surface area contributed by atoms with Gasteiger partial charge in [0.15, 0.2) is 0 Å². The van der Waals surface area contributed by atoms with Gasteiger partial charge < -0.3 is 16.0 Å². The van der Waals surface area contributed by atoms with Gasteiger partial charge in [0.2, 0.25) is 5.91 Å². The monoisotopic (exact) mass is 332 g/mol. The molecule has 0 aliphatic rings. The topological polar surface area (TPSA) is 83.1 Å². The molecule has 1 atom stereocenters. The zero-order valence-corrected chi connectivity index (χ0v) is 13.5. The minimum atomic E-state index is -0.507. The number of hydrogen-bond donors (Lipinski definition) is 3. The van der Waals surface area contributed by atoms with Gasteiger partial charge in [-0.05, 0) is 37.3 Å². The number of halogens is 1. The Morgan fingerprint density at radius 2 is 2.00 bits per heavy atom. The Morgan fingerprint density at radius 1 is 1.22 bits per heavy atom. The fourth-order valence-corrected chi connectivity index (χ4v) is 2.01. The first-order valence-electron chi connectivity index (χ1n) is 7.00. The molecule has 0 aliphatic carbocycles. The summed E-state index contributed by atoms with van der Waals surface area (Å²) >= 11 is 5.75. The van der Waals surface area contributed by atoms with E-state index in [0.29, 0.717) is 22.1 Å². The molecular weight excluding hydrogens is 316 g/mol. The van der Waals surface area contributed by atoms with Gasteiger partial charge >= 0.3 is 0 Å². The Balaban J connectivity index is 2.00. The predicted octanol–water partition coefficient (Wildman–Crippen LogP) is 2.53. The largest absolute Gasteiger partial charge is 0.374 e. The number of nitrogens with one attached hydrogen (secondary N) is 3. The summed E-state index contributed by atoms with van der Waals surface area (Å²) in [6, 6.07) is 9.69. The molecule has 120 valence electrons. The van der Waals surface area contributed by atoms with E-state index in [1.165, 1.54) is 6.20 Å². The summed E-state index contributed by atoms with van der Waals surface area (Å²) in [7, 11) is 1.57. The average molecular weight is 333 g/mol. The highest BCUT2D eigenvalue weighted by atomic mass is 35.5. The molecular formula is C16H17ClN4O2. The summed E-state index contributed by atoms with van der Waals surface area (Å²) < 4.78 is 0. The van der Waals surface area contributed by atoms with Gasteiger partial charge in [-0.3, -0.25) is 9.59 Å². The fraction of sp³-hybridized carbons (Fsp3) is 0.188. The van der Waals surface area contributed by atoms with Crippen molar-refractivity contribution in [3.8, 4) is 0 Å². The van der Waals surface area contributed by atoms with Crippen molar-refractivity contribution in [2.24, 2.45) is 0 Å². The Kier molecular flexibility index (Phi) is 5.54. The molecule has 23 heavy (non-hydrogen) atoms. The summed E-state index contributed by atoms with van der Waals surface area (Å²) in [4.78, 5) is 27.8. The molecule has 0 radical (unpaired) electrons. The van der Waals surface area contributed by atoms with Gasteiger partial charge in [-0.2, -0.15) is 0 Å². The molecule has 1 heterocycles. The van der Waals surface area contributed by atoms with E-state index in [4.69, 9.17) is 11.6 Å². The van der Waals surface area contributed by atoms with Crippen LogP contribution in [-0.2, 0) is 4.79 Å². The molecule has 1 aromatic heterocycles. The van der Waals surface area contributed by atoms with Crippen LogP contribution in [0.15, 0.2) is 42.6 Å². The normalized spacial score (nSPS) is 11.4. The van der Waals surface area contributed by atoms with Crippen molar-refractivity contribution in [2.45, 2.75) is 13.0 Å². The second-order valence-electron chi connectivity index (χ2n) is 4.88. The molecule has 7 heteroatoms. The number of benzene rings is 1. The predicted molar refractivity (Wildman–Crippen MR) is 90.8 cm³/mol. The van der Waals surface area contributed by atoms with Gasteiger partial charge in [-0.25, -0.2) is 4.98 Å². The van der Waals surface area contributed by atoms with E-state index in [2.05, 4.69) is 20.9 Å². The number of aromatic nitrogens is 1. The Bertz CT molecular complexity index is 703. The fourth-order valence-electron chi connectivity index (χ4n) is 1.89. The van der Waals surface area contributed by atoms with Gasteiger partial charge in [0.05, 0.1) is 5.02 Å². The van der Waals surface area contributed by atoms with Crippen molar-refractivity contribution in [3.05, 3.63) is 53.2 Å². The second-order valence-corrected chi connectivity index (χ2v) is 5.31. The van der Waals surface area contributed by atoms with Crippen molar-refractivity contribution < 1.29 is 9.59 Å². The summed E-state index contributed by atoms with van der Waals surface area (Å²) in [6.07, 6.45) is 1.46. The summed E-state index contributed by atoms with van der Waals surface area (Å²) in [6.45, 7) is 1.72. The number of hydrogen-bond acceptors (Lipinski definition) is 4. The first-order chi connectivity index (χ1) is 11.0. The van der Waals surface area contributed by atoms with Crippen LogP contribution in [0.3, 0.4) is 0 Å². The van der Waals surface area contributed by atoms with Crippen LogP contribution < -0.4 is 16.0 Å². The number of rotatable bonds is 5. The van der Waals surface area contributed by atoms with Gasteiger partial charge in [-0.1, -0.05) is 17.7 Å². The average Bonchev–Trinajstić information content (AvgIpc) is 2.56. The number of nitrogens with zero attached hydrogens (tertiary/aromatic N) is 1. The quantitative estimate of drug-likeness (QED) is 0.785. The molecule has 0 fully saturated rings. The van der Waals surface area contributed by atoms with E-state index in [-0.39, 0.29) is 11.8 Å². The summed E-state index contributed by atoms with van der Waals surface area (Å²) in [5, 5.41) is 8.79.